The Morgan fingerprint density at radius 2 is 2.05 bits per heavy atom. The molecule has 2 heterocycles. The molecule has 0 saturated carbocycles. The third-order valence-electron chi connectivity index (χ3n) is 4.67. The van der Waals surface area contributed by atoms with Gasteiger partial charge in [0.15, 0.2) is 0 Å². The van der Waals surface area contributed by atoms with Crippen molar-refractivity contribution in [1.82, 2.24) is 5.32 Å². The zero-order chi connectivity index (χ0) is 15.0. The van der Waals surface area contributed by atoms with Gasteiger partial charge in [0.25, 0.3) is 5.69 Å². The molecule has 2 bridgehead atoms. The van der Waals surface area contributed by atoms with E-state index < -0.39 is 0 Å². The highest BCUT2D eigenvalue weighted by atomic mass is 35.5. The maximum Gasteiger partial charge on any atom is 0.294 e. The smallest absolute Gasteiger partial charge is 0.294 e. The molecule has 0 amide bonds. The number of benzene rings is 1. The Balaban J connectivity index is 1.91. The van der Waals surface area contributed by atoms with E-state index in [0.717, 1.165) is 19.4 Å². The Hall–Kier alpha value is -1.33. The summed E-state index contributed by atoms with van der Waals surface area (Å²) in [5, 5.41) is 15.4. The third-order valence-corrected chi connectivity index (χ3v) is 4.91. The molecule has 2 saturated heterocycles. The van der Waals surface area contributed by atoms with Crippen LogP contribution in [0.15, 0.2) is 18.2 Å². The quantitative estimate of drug-likeness (QED) is 0.684. The van der Waals surface area contributed by atoms with Crippen molar-refractivity contribution >= 4 is 23.0 Å². The minimum absolute atomic E-state index is 0.107. The van der Waals surface area contributed by atoms with E-state index in [2.05, 4.69) is 17.1 Å². The van der Waals surface area contributed by atoms with Gasteiger partial charge < -0.3 is 10.2 Å². The number of piperidine rings is 1. The predicted molar refractivity (Wildman–Crippen MR) is 84.1 cm³/mol. The maximum atomic E-state index is 11.3. The summed E-state index contributed by atoms with van der Waals surface area (Å²) in [4.78, 5) is 13.2. The molecule has 3 rings (SSSR count). The van der Waals surface area contributed by atoms with Gasteiger partial charge in [-0.15, -0.1) is 0 Å². The second kappa shape index (κ2) is 5.81. The van der Waals surface area contributed by atoms with Crippen LogP contribution in [0.1, 0.15) is 32.6 Å². The Labute approximate surface area is 129 Å². The van der Waals surface area contributed by atoms with Crippen LogP contribution in [-0.4, -0.2) is 29.6 Å². The predicted octanol–water partition coefficient (Wildman–Crippen LogP) is 3.36. The molecule has 2 fully saturated rings. The Morgan fingerprint density at radius 1 is 1.38 bits per heavy atom. The molecule has 1 aromatic carbocycles. The summed E-state index contributed by atoms with van der Waals surface area (Å²) < 4.78 is 0. The van der Waals surface area contributed by atoms with Crippen LogP contribution in [0, 0.1) is 10.1 Å². The largest absolute Gasteiger partial charge is 0.363 e. The first-order valence-electron chi connectivity index (χ1n) is 7.55. The molecule has 2 aliphatic heterocycles. The maximum absolute atomic E-state index is 11.3. The molecule has 0 aliphatic carbocycles. The van der Waals surface area contributed by atoms with Gasteiger partial charge in [0.1, 0.15) is 5.69 Å². The molecular weight excluding hydrogens is 290 g/mol. The summed E-state index contributed by atoms with van der Waals surface area (Å²) >= 11 is 5.92. The molecule has 1 N–H and O–H groups in total. The molecule has 2 atom stereocenters. The van der Waals surface area contributed by atoms with Gasteiger partial charge in [0.05, 0.1) is 4.92 Å². The van der Waals surface area contributed by atoms with Gasteiger partial charge in [0, 0.05) is 35.8 Å². The number of nitro benzene ring substituents is 1. The lowest BCUT2D eigenvalue weighted by Gasteiger charge is -2.38. The summed E-state index contributed by atoms with van der Waals surface area (Å²) in [5.41, 5.74) is 0.799. The fraction of sp³-hybridized carbons (Fsp3) is 0.600. The minimum atomic E-state index is -0.334. The van der Waals surface area contributed by atoms with E-state index in [9.17, 15) is 10.1 Å². The van der Waals surface area contributed by atoms with E-state index in [1.165, 1.54) is 18.9 Å². The van der Waals surface area contributed by atoms with E-state index in [-0.39, 0.29) is 10.6 Å². The molecule has 0 spiro atoms. The summed E-state index contributed by atoms with van der Waals surface area (Å²) in [6, 6.07) is 6.47. The van der Waals surface area contributed by atoms with Crippen LogP contribution >= 0.6 is 11.6 Å². The van der Waals surface area contributed by atoms with Crippen molar-refractivity contribution in [3.05, 3.63) is 33.3 Å². The Kier molecular flexibility index (Phi) is 4.04. The number of nitro groups is 1. The van der Waals surface area contributed by atoms with Crippen LogP contribution in [0.5, 0.6) is 0 Å². The molecule has 114 valence electrons. The van der Waals surface area contributed by atoms with Gasteiger partial charge in [0.2, 0.25) is 0 Å². The number of hydrogen-bond donors (Lipinski definition) is 1. The average Bonchev–Trinajstić information content (AvgIpc) is 2.80. The first kappa shape index (κ1) is 14.6. The van der Waals surface area contributed by atoms with Gasteiger partial charge in [-0.05, 0) is 44.7 Å². The van der Waals surface area contributed by atoms with E-state index in [0.29, 0.717) is 28.8 Å². The summed E-state index contributed by atoms with van der Waals surface area (Å²) in [6.07, 6.45) is 4.57. The van der Waals surface area contributed by atoms with E-state index in [1.54, 1.807) is 12.1 Å². The zero-order valence-corrected chi connectivity index (χ0v) is 12.8. The first-order chi connectivity index (χ1) is 10.1. The number of nitrogens with zero attached hydrogens (tertiary/aromatic N) is 2. The van der Waals surface area contributed by atoms with Crippen LogP contribution in [0.25, 0.3) is 0 Å². The van der Waals surface area contributed by atoms with Crippen LogP contribution in [0.4, 0.5) is 11.4 Å². The minimum Gasteiger partial charge on any atom is -0.363 e. The normalized spacial score (nSPS) is 27.6. The highest BCUT2D eigenvalue weighted by molar-refractivity contribution is 6.30. The molecule has 2 unspecified atom stereocenters. The number of hydrogen-bond acceptors (Lipinski definition) is 4. The lowest BCUT2D eigenvalue weighted by Crippen LogP contribution is -2.48. The fourth-order valence-corrected chi connectivity index (χ4v) is 3.96. The summed E-state index contributed by atoms with van der Waals surface area (Å²) in [6.45, 7) is 2.83. The Bertz CT molecular complexity index is 540. The molecule has 0 radical (unpaired) electrons. The molecule has 2 aliphatic rings. The standard InChI is InChI=1S/C15H20ClN3O2/c1-2-18(13-8-11-4-5-12(9-13)17-11)14-6-3-10(16)7-15(14)19(20)21/h3,6-7,11-13,17H,2,4-5,8-9H2,1H3. The topological polar surface area (TPSA) is 58.4 Å². The molecule has 0 aromatic heterocycles. The number of halogens is 1. The number of nitrogens with one attached hydrogen (secondary N) is 1. The molecule has 6 heteroatoms. The number of anilines is 1. The van der Waals surface area contributed by atoms with E-state index in [1.807, 2.05) is 0 Å². The second-order valence-corrected chi connectivity index (χ2v) is 6.38. The number of fused-ring (bicyclic) bond motifs is 2. The van der Waals surface area contributed by atoms with Crippen LogP contribution in [0.3, 0.4) is 0 Å². The van der Waals surface area contributed by atoms with E-state index >= 15 is 0 Å². The molecule has 1 aromatic rings. The van der Waals surface area contributed by atoms with Crippen molar-refractivity contribution < 1.29 is 4.92 Å². The van der Waals surface area contributed by atoms with Crippen LogP contribution in [0.2, 0.25) is 5.02 Å². The van der Waals surface area contributed by atoms with Crippen molar-refractivity contribution in [2.24, 2.45) is 0 Å². The molecular formula is C15H20ClN3O2. The molecule has 21 heavy (non-hydrogen) atoms. The fourth-order valence-electron chi connectivity index (χ4n) is 3.79. The van der Waals surface area contributed by atoms with Crippen LogP contribution in [-0.2, 0) is 0 Å². The average molecular weight is 310 g/mol. The van der Waals surface area contributed by atoms with Crippen molar-refractivity contribution in [1.29, 1.82) is 0 Å². The van der Waals surface area contributed by atoms with Gasteiger partial charge in [-0.2, -0.15) is 0 Å². The highest BCUT2D eigenvalue weighted by Crippen LogP contribution is 2.37. The SMILES string of the molecule is CCN(c1ccc(Cl)cc1[N+](=O)[O-])C1CC2CCC(C1)N2. The van der Waals surface area contributed by atoms with Gasteiger partial charge in [-0.3, -0.25) is 10.1 Å². The van der Waals surface area contributed by atoms with Crippen molar-refractivity contribution in [3.63, 3.8) is 0 Å². The van der Waals surface area contributed by atoms with Crippen molar-refractivity contribution in [2.45, 2.75) is 50.7 Å². The third kappa shape index (κ3) is 2.85. The monoisotopic (exact) mass is 309 g/mol. The highest BCUT2D eigenvalue weighted by Gasteiger charge is 2.37. The summed E-state index contributed by atoms with van der Waals surface area (Å²) in [7, 11) is 0. The van der Waals surface area contributed by atoms with Gasteiger partial charge in [-0.25, -0.2) is 0 Å². The first-order valence-corrected chi connectivity index (χ1v) is 7.93. The van der Waals surface area contributed by atoms with Crippen LogP contribution < -0.4 is 10.2 Å². The lowest BCUT2D eigenvalue weighted by atomic mass is 9.97. The van der Waals surface area contributed by atoms with Gasteiger partial charge in [-0.1, -0.05) is 11.6 Å². The van der Waals surface area contributed by atoms with Crippen molar-refractivity contribution in [2.75, 3.05) is 11.4 Å². The Morgan fingerprint density at radius 3 is 2.62 bits per heavy atom. The number of rotatable bonds is 4. The zero-order valence-electron chi connectivity index (χ0n) is 12.1. The lowest BCUT2D eigenvalue weighted by molar-refractivity contribution is -0.384. The second-order valence-electron chi connectivity index (χ2n) is 5.94. The van der Waals surface area contributed by atoms with E-state index in [4.69, 9.17) is 11.6 Å². The van der Waals surface area contributed by atoms with Crippen molar-refractivity contribution in [3.8, 4) is 0 Å². The van der Waals surface area contributed by atoms with Gasteiger partial charge >= 0.3 is 0 Å². The molecule has 5 nitrogen and oxygen atoms in total. The summed E-state index contributed by atoms with van der Waals surface area (Å²) in [5.74, 6) is 0.